The van der Waals surface area contributed by atoms with Crippen molar-refractivity contribution in [3.05, 3.63) is 65.4 Å². The fraction of sp³-hybridized carbons (Fsp3) is 0.417. The molecule has 0 aliphatic carbocycles. The number of piperazine rings is 1. The standard InChI is InChI=1S/C24H31N3O2/c1-18-24(23(28)17-26-13-11-25(2)12-14-26)21-15-20(29-3)9-10-22(21)27(18)16-19-7-5-4-6-8-19/h4-10,15,23,28H,11-14,16-17H2,1-3H3/t23-/m0/s1. The van der Waals surface area contributed by atoms with Gasteiger partial charge in [-0.3, -0.25) is 4.90 Å². The van der Waals surface area contributed by atoms with Crippen LogP contribution in [0.3, 0.4) is 0 Å². The summed E-state index contributed by atoms with van der Waals surface area (Å²) in [6, 6.07) is 16.7. The summed E-state index contributed by atoms with van der Waals surface area (Å²) in [5.41, 5.74) is 4.54. The minimum absolute atomic E-state index is 0.523. The van der Waals surface area contributed by atoms with Crippen molar-refractivity contribution in [2.75, 3.05) is 46.9 Å². The van der Waals surface area contributed by atoms with E-state index in [0.717, 1.165) is 60.6 Å². The van der Waals surface area contributed by atoms with Gasteiger partial charge >= 0.3 is 0 Å². The van der Waals surface area contributed by atoms with Gasteiger partial charge in [-0.2, -0.15) is 0 Å². The van der Waals surface area contributed by atoms with E-state index in [1.807, 2.05) is 12.1 Å². The molecule has 0 radical (unpaired) electrons. The molecule has 0 unspecified atom stereocenters. The second kappa shape index (κ2) is 8.57. The largest absolute Gasteiger partial charge is 0.497 e. The Bertz CT molecular complexity index is 959. The molecule has 1 atom stereocenters. The second-order valence-electron chi connectivity index (χ2n) is 8.07. The van der Waals surface area contributed by atoms with Crippen LogP contribution in [0, 0.1) is 6.92 Å². The van der Waals surface area contributed by atoms with Gasteiger partial charge in [0.1, 0.15) is 5.75 Å². The number of methoxy groups -OCH3 is 1. The zero-order chi connectivity index (χ0) is 20.4. The van der Waals surface area contributed by atoms with E-state index in [1.165, 1.54) is 5.56 Å². The van der Waals surface area contributed by atoms with Gasteiger partial charge in [0.05, 0.1) is 13.2 Å². The summed E-state index contributed by atoms with van der Waals surface area (Å²) in [7, 11) is 3.84. The number of rotatable bonds is 6. The molecule has 0 bridgehead atoms. The number of aromatic nitrogens is 1. The summed E-state index contributed by atoms with van der Waals surface area (Å²) in [6.07, 6.45) is -0.523. The summed E-state index contributed by atoms with van der Waals surface area (Å²) in [4.78, 5) is 4.70. The highest BCUT2D eigenvalue weighted by atomic mass is 16.5. The van der Waals surface area contributed by atoms with E-state index in [0.29, 0.717) is 6.54 Å². The molecule has 1 fully saturated rings. The Kier molecular flexibility index (Phi) is 5.90. The number of hydrogen-bond donors (Lipinski definition) is 1. The van der Waals surface area contributed by atoms with Crippen LogP contribution in [-0.4, -0.2) is 66.4 Å². The van der Waals surface area contributed by atoms with Crippen LogP contribution in [0.4, 0.5) is 0 Å². The molecule has 0 saturated carbocycles. The van der Waals surface area contributed by atoms with Crippen molar-refractivity contribution < 1.29 is 9.84 Å². The topological polar surface area (TPSA) is 40.9 Å². The minimum Gasteiger partial charge on any atom is -0.497 e. The van der Waals surface area contributed by atoms with E-state index in [-0.39, 0.29) is 0 Å². The second-order valence-corrected chi connectivity index (χ2v) is 8.07. The molecule has 1 saturated heterocycles. The van der Waals surface area contributed by atoms with Crippen LogP contribution >= 0.6 is 0 Å². The van der Waals surface area contributed by atoms with Crippen molar-refractivity contribution in [1.82, 2.24) is 14.4 Å². The summed E-state index contributed by atoms with van der Waals surface area (Å²) < 4.78 is 7.79. The first kappa shape index (κ1) is 20.0. The van der Waals surface area contributed by atoms with Gasteiger partial charge in [0, 0.05) is 61.4 Å². The first-order valence-electron chi connectivity index (χ1n) is 10.4. The number of aliphatic hydroxyl groups is 1. The maximum Gasteiger partial charge on any atom is 0.119 e. The number of nitrogens with zero attached hydrogens (tertiary/aromatic N) is 3. The highest BCUT2D eigenvalue weighted by Gasteiger charge is 2.24. The SMILES string of the molecule is COc1ccc2c(c1)c([C@@H](O)CN1CCN(C)CC1)c(C)n2Cc1ccccc1. The third-order valence-electron chi connectivity index (χ3n) is 6.12. The average Bonchev–Trinajstić information content (AvgIpc) is 3.01. The maximum absolute atomic E-state index is 11.3. The highest BCUT2D eigenvalue weighted by Crippen LogP contribution is 2.34. The first-order valence-corrected chi connectivity index (χ1v) is 10.4. The Balaban J connectivity index is 1.70. The van der Waals surface area contributed by atoms with Crippen molar-refractivity contribution >= 4 is 10.9 Å². The van der Waals surface area contributed by atoms with Gasteiger partial charge in [-0.05, 0) is 37.7 Å². The van der Waals surface area contributed by atoms with Crippen LogP contribution in [0.1, 0.15) is 22.9 Å². The molecule has 1 aliphatic rings. The van der Waals surface area contributed by atoms with E-state index >= 15 is 0 Å². The molecule has 0 spiro atoms. The predicted molar refractivity (Wildman–Crippen MR) is 118 cm³/mol. The van der Waals surface area contributed by atoms with E-state index in [1.54, 1.807) is 7.11 Å². The fourth-order valence-electron chi connectivity index (χ4n) is 4.37. The van der Waals surface area contributed by atoms with E-state index in [9.17, 15) is 5.11 Å². The molecule has 1 aliphatic heterocycles. The van der Waals surface area contributed by atoms with Gasteiger partial charge in [0.2, 0.25) is 0 Å². The summed E-state index contributed by atoms with van der Waals surface area (Å²) in [5.74, 6) is 0.822. The summed E-state index contributed by atoms with van der Waals surface area (Å²) in [6.45, 7) is 7.67. The van der Waals surface area contributed by atoms with Gasteiger partial charge < -0.3 is 19.3 Å². The van der Waals surface area contributed by atoms with Crippen LogP contribution in [0.25, 0.3) is 10.9 Å². The van der Waals surface area contributed by atoms with Crippen LogP contribution in [0.2, 0.25) is 0 Å². The van der Waals surface area contributed by atoms with Gasteiger partial charge in [-0.25, -0.2) is 0 Å². The lowest BCUT2D eigenvalue weighted by Gasteiger charge is -2.33. The molecule has 5 heteroatoms. The summed E-state index contributed by atoms with van der Waals surface area (Å²) >= 11 is 0. The Morgan fingerprint density at radius 3 is 2.45 bits per heavy atom. The molecule has 0 amide bonds. The first-order chi connectivity index (χ1) is 14.1. The molecule has 154 valence electrons. The average molecular weight is 394 g/mol. The molecular weight excluding hydrogens is 362 g/mol. The number of hydrogen-bond acceptors (Lipinski definition) is 4. The van der Waals surface area contributed by atoms with Crippen molar-refractivity contribution in [2.24, 2.45) is 0 Å². The molecule has 1 N–H and O–H groups in total. The van der Waals surface area contributed by atoms with Crippen molar-refractivity contribution in [1.29, 1.82) is 0 Å². The van der Waals surface area contributed by atoms with Crippen molar-refractivity contribution in [3.63, 3.8) is 0 Å². The molecule has 5 nitrogen and oxygen atoms in total. The third-order valence-corrected chi connectivity index (χ3v) is 6.12. The smallest absolute Gasteiger partial charge is 0.119 e. The fourth-order valence-corrected chi connectivity index (χ4v) is 4.37. The number of likely N-dealkylation sites (N-methyl/N-ethyl adjacent to an activating group) is 1. The molecule has 3 aromatic rings. The Morgan fingerprint density at radius 2 is 1.76 bits per heavy atom. The van der Waals surface area contributed by atoms with Gasteiger partial charge in [0.15, 0.2) is 0 Å². The van der Waals surface area contributed by atoms with Crippen LogP contribution < -0.4 is 4.74 Å². The van der Waals surface area contributed by atoms with Crippen molar-refractivity contribution in [3.8, 4) is 5.75 Å². The quantitative estimate of drug-likeness (QED) is 0.698. The zero-order valence-electron chi connectivity index (χ0n) is 17.6. The predicted octanol–water partition coefficient (Wildman–Crippen LogP) is 3.29. The maximum atomic E-state index is 11.3. The minimum atomic E-state index is -0.523. The molecule has 2 aromatic carbocycles. The lowest BCUT2D eigenvalue weighted by Crippen LogP contribution is -2.45. The highest BCUT2D eigenvalue weighted by molar-refractivity contribution is 5.87. The Morgan fingerprint density at radius 1 is 1.03 bits per heavy atom. The van der Waals surface area contributed by atoms with Crippen LogP contribution in [-0.2, 0) is 6.54 Å². The van der Waals surface area contributed by atoms with Crippen molar-refractivity contribution in [2.45, 2.75) is 19.6 Å². The lowest BCUT2D eigenvalue weighted by atomic mass is 10.0. The molecule has 1 aromatic heterocycles. The molecule has 4 rings (SSSR count). The normalized spacial score (nSPS) is 17.0. The molecular formula is C24H31N3O2. The third kappa shape index (κ3) is 4.17. The zero-order valence-corrected chi connectivity index (χ0v) is 17.6. The number of ether oxygens (including phenoxy) is 1. The number of β-amino-alcohol motifs (C(OH)–C–C–N with tert-alkyl or cyclic N) is 1. The van der Waals surface area contributed by atoms with Gasteiger partial charge in [-0.15, -0.1) is 0 Å². The summed E-state index contributed by atoms with van der Waals surface area (Å²) in [5, 5.41) is 12.3. The van der Waals surface area contributed by atoms with E-state index in [4.69, 9.17) is 4.74 Å². The molecule has 2 heterocycles. The van der Waals surface area contributed by atoms with Crippen LogP contribution in [0.5, 0.6) is 5.75 Å². The monoisotopic (exact) mass is 393 g/mol. The van der Waals surface area contributed by atoms with E-state index < -0.39 is 6.10 Å². The van der Waals surface area contributed by atoms with Crippen LogP contribution in [0.15, 0.2) is 48.5 Å². The molecule has 29 heavy (non-hydrogen) atoms. The van der Waals surface area contributed by atoms with Gasteiger partial charge in [0.25, 0.3) is 0 Å². The number of fused-ring (bicyclic) bond motifs is 1. The van der Waals surface area contributed by atoms with E-state index in [2.05, 4.69) is 64.7 Å². The number of benzene rings is 2. The van der Waals surface area contributed by atoms with Gasteiger partial charge in [-0.1, -0.05) is 30.3 Å². The Labute approximate surface area is 173 Å². The number of aliphatic hydroxyl groups excluding tert-OH is 1. The lowest BCUT2D eigenvalue weighted by molar-refractivity contribution is 0.0808. The Hall–Kier alpha value is -2.34.